The maximum absolute atomic E-state index is 6.08. The number of aryl methyl sites for hydroxylation is 2. The first-order valence-corrected chi connectivity index (χ1v) is 11.5. The van der Waals surface area contributed by atoms with Gasteiger partial charge in [-0.15, -0.1) is 10.8 Å². The number of nitrogens with one attached hydrogen (secondary N) is 2. The van der Waals surface area contributed by atoms with E-state index in [4.69, 9.17) is 5.73 Å². The van der Waals surface area contributed by atoms with Crippen molar-refractivity contribution in [3.8, 4) is 0 Å². The number of allylic oxidation sites excluding steroid dienone is 2. The van der Waals surface area contributed by atoms with Crippen LogP contribution in [0.2, 0.25) is 0 Å². The highest BCUT2D eigenvalue weighted by atomic mass is 15.4. The number of aromatic nitrogens is 3. The second kappa shape index (κ2) is 13.6. The molecule has 6 nitrogen and oxygen atoms in total. The molecule has 0 saturated heterocycles. The van der Waals surface area contributed by atoms with E-state index in [9.17, 15) is 0 Å². The van der Waals surface area contributed by atoms with Crippen LogP contribution in [-0.4, -0.2) is 27.6 Å². The summed E-state index contributed by atoms with van der Waals surface area (Å²) in [5.74, 6) is 0.301. The van der Waals surface area contributed by atoms with Gasteiger partial charge in [0.05, 0.1) is 11.7 Å². The minimum Gasteiger partial charge on any atom is -0.401 e. The van der Waals surface area contributed by atoms with Crippen LogP contribution in [0.25, 0.3) is 0 Å². The van der Waals surface area contributed by atoms with Crippen molar-refractivity contribution < 1.29 is 0 Å². The number of nitrogens with zero attached hydrogens (tertiary/aromatic N) is 3. The van der Waals surface area contributed by atoms with Crippen molar-refractivity contribution >= 4 is 0 Å². The lowest BCUT2D eigenvalue weighted by Crippen LogP contribution is -2.35. The largest absolute Gasteiger partial charge is 0.401 e. The zero-order chi connectivity index (χ0) is 22.5. The number of rotatable bonds is 13. The minimum absolute atomic E-state index is 0.0531. The van der Waals surface area contributed by atoms with Gasteiger partial charge >= 0.3 is 0 Å². The fourth-order valence-corrected chi connectivity index (χ4v) is 3.71. The van der Waals surface area contributed by atoms with Crippen LogP contribution in [0.4, 0.5) is 0 Å². The molecular formula is C25H40N6. The van der Waals surface area contributed by atoms with E-state index in [0.717, 1.165) is 68.6 Å². The lowest BCUT2D eigenvalue weighted by molar-refractivity contribution is 0.495. The summed E-state index contributed by atoms with van der Waals surface area (Å²) < 4.78 is 1.72. The van der Waals surface area contributed by atoms with E-state index in [0.29, 0.717) is 11.6 Å². The molecule has 1 aromatic heterocycles. The number of nitrogens with two attached hydrogens (primary N) is 1. The first-order chi connectivity index (χ1) is 15.0. The van der Waals surface area contributed by atoms with Crippen molar-refractivity contribution in [2.75, 3.05) is 6.54 Å². The van der Waals surface area contributed by atoms with Gasteiger partial charge in [0.1, 0.15) is 0 Å². The summed E-state index contributed by atoms with van der Waals surface area (Å²) >= 11 is 0. The van der Waals surface area contributed by atoms with Gasteiger partial charge < -0.3 is 16.4 Å². The third kappa shape index (κ3) is 9.75. The monoisotopic (exact) mass is 424 g/mol. The molecule has 170 valence electrons. The Morgan fingerprint density at radius 2 is 2.13 bits per heavy atom. The molecule has 1 aromatic rings. The average molecular weight is 425 g/mol. The van der Waals surface area contributed by atoms with Gasteiger partial charge in [-0.05, 0) is 63.5 Å². The van der Waals surface area contributed by atoms with Gasteiger partial charge in [-0.1, -0.05) is 37.8 Å². The van der Waals surface area contributed by atoms with Crippen LogP contribution in [0.5, 0.6) is 0 Å². The van der Waals surface area contributed by atoms with Crippen molar-refractivity contribution in [2.45, 2.75) is 70.3 Å². The molecule has 1 aliphatic rings. The molecule has 2 atom stereocenters. The molecule has 1 aliphatic carbocycles. The van der Waals surface area contributed by atoms with Gasteiger partial charge in [-0.3, -0.25) is 4.68 Å². The van der Waals surface area contributed by atoms with Crippen LogP contribution in [0.3, 0.4) is 0 Å². The summed E-state index contributed by atoms with van der Waals surface area (Å²) in [7, 11) is 1.88. The topological polar surface area (TPSA) is 80.8 Å². The summed E-state index contributed by atoms with van der Waals surface area (Å²) in [4.78, 5) is 0. The second-order valence-electron chi connectivity index (χ2n) is 8.49. The lowest BCUT2D eigenvalue weighted by Gasteiger charge is -2.25. The molecule has 1 unspecified atom stereocenters. The Morgan fingerprint density at radius 1 is 1.29 bits per heavy atom. The van der Waals surface area contributed by atoms with E-state index in [1.54, 1.807) is 4.68 Å². The summed E-state index contributed by atoms with van der Waals surface area (Å²) in [6.45, 7) is 13.3. The molecule has 0 aromatic carbocycles. The molecule has 0 bridgehead atoms. The Balaban J connectivity index is 1.66. The van der Waals surface area contributed by atoms with Crippen LogP contribution in [0.1, 0.15) is 63.5 Å². The molecule has 0 aliphatic heterocycles. The van der Waals surface area contributed by atoms with E-state index < -0.39 is 0 Å². The third-order valence-corrected chi connectivity index (χ3v) is 5.66. The molecule has 2 rings (SSSR count). The van der Waals surface area contributed by atoms with E-state index in [1.165, 1.54) is 19.3 Å². The van der Waals surface area contributed by atoms with Gasteiger partial charge in [0, 0.05) is 42.8 Å². The van der Waals surface area contributed by atoms with Crippen LogP contribution in [-0.2, 0) is 13.5 Å². The maximum Gasteiger partial charge on any atom is 0.0830 e. The van der Waals surface area contributed by atoms with E-state index >= 15 is 0 Å². The van der Waals surface area contributed by atoms with E-state index in [1.807, 2.05) is 13.2 Å². The second-order valence-corrected chi connectivity index (χ2v) is 8.49. The average Bonchev–Trinajstić information content (AvgIpc) is 3.21. The molecule has 0 spiro atoms. The first kappa shape index (κ1) is 24.5. The summed E-state index contributed by atoms with van der Waals surface area (Å²) in [5, 5.41) is 15.0. The quantitative estimate of drug-likeness (QED) is 0.326. The molecule has 0 saturated carbocycles. The minimum atomic E-state index is 0.0531. The summed E-state index contributed by atoms with van der Waals surface area (Å²) in [5.41, 5.74) is 13.1. The molecule has 0 fully saturated rings. The number of hydrogen-bond donors (Lipinski definition) is 3. The SMILES string of the molecule is C=C(CCc1cn(C)nn1)NCCCC[C@H](NC(=C)C1C=C=CCCCCC1)C(=C)N. The summed E-state index contributed by atoms with van der Waals surface area (Å²) in [6, 6.07) is 0.0531. The Morgan fingerprint density at radius 3 is 2.87 bits per heavy atom. The Kier molecular flexibility index (Phi) is 10.7. The van der Waals surface area contributed by atoms with Crippen molar-refractivity contribution in [3.05, 3.63) is 66.6 Å². The first-order valence-electron chi connectivity index (χ1n) is 11.5. The zero-order valence-electron chi connectivity index (χ0n) is 19.2. The smallest absolute Gasteiger partial charge is 0.0830 e. The fourth-order valence-electron chi connectivity index (χ4n) is 3.71. The Bertz CT molecular complexity index is 784. The van der Waals surface area contributed by atoms with Crippen molar-refractivity contribution in [1.82, 2.24) is 25.6 Å². The van der Waals surface area contributed by atoms with E-state index in [-0.39, 0.29) is 6.04 Å². The highest BCUT2D eigenvalue weighted by Gasteiger charge is 2.16. The summed E-state index contributed by atoms with van der Waals surface area (Å²) in [6.07, 6.45) is 16.9. The highest BCUT2D eigenvalue weighted by molar-refractivity contribution is 5.13. The molecular weight excluding hydrogens is 384 g/mol. The molecule has 4 N–H and O–H groups in total. The highest BCUT2D eigenvalue weighted by Crippen LogP contribution is 2.21. The predicted molar refractivity (Wildman–Crippen MR) is 129 cm³/mol. The standard InChI is InChI=1S/C25H40N6/c1-20(16-17-24-19-31(4)30-29-24)27-18-12-11-15-25(21(2)26)28-22(3)23-13-9-7-5-6-8-10-14-23/h7,13,19,23,25,27-28H,1-3,5-6,8,10-12,14-18,26H2,4H3/t9?,23?,25-/m0/s1. The van der Waals surface area contributed by atoms with Crippen LogP contribution in [0.15, 0.2) is 60.9 Å². The predicted octanol–water partition coefficient (Wildman–Crippen LogP) is 4.26. The third-order valence-electron chi connectivity index (χ3n) is 5.66. The van der Waals surface area contributed by atoms with E-state index in [2.05, 4.69) is 58.6 Å². The molecule has 0 radical (unpaired) electrons. The van der Waals surface area contributed by atoms with Crippen LogP contribution < -0.4 is 16.4 Å². The number of hydrogen-bond acceptors (Lipinski definition) is 5. The molecule has 6 heteroatoms. The maximum atomic E-state index is 6.08. The zero-order valence-corrected chi connectivity index (χ0v) is 19.2. The Labute approximate surface area is 188 Å². The fraction of sp³-hybridized carbons (Fsp3) is 0.560. The van der Waals surface area contributed by atoms with Gasteiger partial charge in [0.25, 0.3) is 0 Å². The van der Waals surface area contributed by atoms with Gasteiger partial charge in [0.2, 0.25) is 0 Å². The van der Waals surface area contributed by atoms with Gasteiger partial charge in [-0.2, -0.15) is 0 Å². The van der Waals surface area contributed by atoms with Crippen LogP contribution in [0, 0.1) is 5.92 Å². The van der Waals surface area contributed by atoms with Crippen molar-refractivity contribution in [2.24, 2.45) is 18.7 Å². The van der Waals surface area contributed by atoms with Crippen molar-refractivity contribution in [3.63, 3.8) is 0 Å². The molecule has 1 heterocycles. The van der Waals surface area contributed by atoms with Gasteiger partial charge in [0.15, 0.2) is 0 Å². The molecule has 31 heavy (non-hydrogen) atoms. The lowest BCUT2D eigenvalue weighted by atomic mass is 9.97. The van der Waals surface area contributed by atoms with Gasteiger partial charge in [-0.25, -0.2) is 0 Å². The van der Waals surface area contributed by atoms with Crippen LogP contribution >= 0.6 is 0 Å². The Hall–Kier alpha value is -2.72. The van der Waals surface area contributed by atoms with Crippen molar-refractivity contribution in [1.29, 1.82) is 0 Å². The number of unbranched alkanes of at least 4 members (excludes halogenated alkanes) is 1. The molecule has 0 amide bonds. The normalized spacial score (nSPS) is 17.3.